The molecule has 13 heavy (non-hydrogen) atoms. The average Bonchev–Trinajstić information content (AvgIpc) is 2.68. The van der Waals surface area contributed by atoms with Gasteiger partial charge in [0.15, 0.2) is 0 Å². The number of hydrogen-bond acceptors (Lipinski definition) is 3. The topological polar surface area (TPSA) is 39.3 Å². The third-order valence-corrected chi connectivity index (χ3v) is 3.35. The highest BCUT2D eigenvalue weighted by molar-refractivity contribution is 7.11. The molecule has 0 amide bonds. The summed E-state index contributed by atoms with van der Waals surface area (Å²) in [5.74, 6) is 0. The van der Waals surface area contributed by atoms with Gasteiger partial charge in [0.05, 0.1) is 0 Å². The maximum absolute atomic E-state index is 11.7. The summed E-state index contributed by atoms with van der Waals surface area (Å²) < 4.78 is 3.35. The SMILES string of the molecule is CCC(C)n1sc2nccn2c1=O. The summed E-state index contributed by atoms with van der Waals surface area (Å²) in [5, 5.41) is 0. The largest absolute Gasteiger partial charge is 0.344 e. The lowest BCUT2D eigenvalue weighted by molar-refractivity contribution is 0.546. The van der Waals surface area contributed by atoms with Crippen molar-refractivity contribution in [1.82, 2.24) is 13.3 Å². The van der Waals surface area contributed by atoms with E-state index >= 15 is 0 Å². The first-order chi connectivity index (χ1) is 6.24. The van der Waals surface area contributed by atoms with Gasteiger partial charge in [0.2, 0.25) is 4.96 Å². The lowest BCUT2D eigenvalue weighted by Gasteiger charge is -2.05. The molecule has 0 fully saturated rings. The quantitative estimate of drug-likeness (QED) is 0.732. The zero-order chi connectivity index (χ0) is 9.42. The van der Waals surface area contributed by atoms with Crippen LogP contribution in [0, 0.1) is 0 Å². The van der Waals surface area contributed by atoms with Crippen LogP contribution >= 0.6 is 11.5 Å². The molecule has 0 spiro atoms. The van der Waals surface area contributed by atoms with E-state index in [1.807, 2.05) is 6.92 Å². The Morgan fingerprint density at radius 1 is 1.69 bits per heavy atom. The van der Waals surface area contributed by atoms with Crippen LogP contribution in [-0.4, -0.2) is 13.3 Å². The van der Waals surface area contributed by atoms with E-state index in [4.69, 9.17) is 0 Å². The minimum absolute atomic E-state index is 0.0202. The van der Waals surface area contributed by atoms with Crippen LogP contribution in [0.1, 0.15) is 26.3 Å². The predicted molar refractivity (Wildman–Crippen MR) is 52.3 cm³/mol. The van der Waals surface area contributed by atoms with Crippen LogP contribution < -0.4 is 5.69 Å². The maximum Gasteiger partial charge on any atom is 0.344 e. The van der Waals surface area contributed by atoms with Crippen molar-refractivity contribution in [3.63, 3.8) is 0 Å². The van der Waals surface area contributed by atoms with Gasteiger partial charge in [0, 0.05) is 18.4 Å². The van der Waals surface area contributed by atoms with Gasteiger partial charge in [-0.15, -0.1) is 0 Å². The molecular weight excluding hydrogens is 186 g/mol. The van der Waals surface area contributed by atoms with Crippen molar-refractivity contribution in [3.05, 3.63) is 22.9 Å². The molecule has 70 valence electrons. The first-order valence-corrected chi connectivity index (χ1v) is 5.06. The van der Waals surface area contributed by atoms with Gasteiger partial charge >= 0.3 is 5.69 Å². The molecule has 0 saturated heterocycles. The first-order valence-electron chi connectivity index (χ1n) is 4.29. The van der Waals surface area contributed by atoms with Crippen molar-refractivity contribution >= 4 is 16.5 Å². The molecule has 0 aliphatic heterocycles. The normalized spacial score (nSPS) is 13.7. The molecule has 2 heterocycles. The van der Waals surface area contributed by atoms with Gasteiger partial charge in [-0.3, -0.25) is 0 Å². The van der Waals surface area contributed by atoms with Crippen LogP contribution in [-0.2, 0) is 0 Å². The van der Waals surface area contributed by atoms with E-state index in [0.717, 1.165) is 11.4 Å². The number of rotatable bonds is 2. The Balaban J connectivity index is 2.64. The number of hydrogen-bond donors (Lipinski definition) is 0. The van der Waals surface area contributed by atoms with Crippen molar-refractivity contribution in [1.29, 1.82) is 0 Å². The lowest BCUT2D eigenvalue weighted by Crippen LogP contribution is -2.20. The molecule has 0 aliphatic carbocycles. The minimum atomic E-state index is 0.0202. The van der Waals surface area contributed by atoms with Crippen LogP contribution in [0.25, 0.3) is 4.96 Å². The van der Waals surface area contributed by atoms with Gasteiger partial charge < -0.3 is 0 Å². The van der Waals surface area contributed by atoms with Gasteiger partial charge in [-0.25, -0.2) is 18.1 Å². The van der Waals surface area contributed by atoms with Crippen LogP contribution in [0.2, 0.25) is 0 Å². The van der Waals surface area contributed by atoms with Crippen LogP contribution in [0.4, 0.5) is 0 Å². The highest BCUT2D eigenvalue weighted by Gasteiger charge is 2.11. The molecule has 2 aromatic heterocycles. The summed E-state index contributed by atoms with van der Waals surface area (Å²) >= 11 is 1.42. The summed E-state index contributed by atoms with van der Waals surface area (Å²) in [4.78, 5) is 16.5. The van der Waals surface area contributed by atoms with E-state index in [-0.39, 0.29) is 11.7 Å². The maximum atomic E-state index is 11.7. The third-order valence-electron chi connectivity index (χ3n) is 2.17. The average molecular weight is 197 g/mol. The summed E-state index contributed by atoms with van der Waals surface area (Å²) in [6, 6.07) is 0.263. The van der Waals surface area contributed by atoms with Crippen LogP contribution in [0.3, 0.4) is 0 Å². The lowest BCUT2D eigenvalue weighted by atomic mass is 10.3. The van der Waals surface area contributed by atoms with Crippen molar-refractivity contribution < 1.29 is 0 Å². The third kappa shape index (κ3) is 1.19. The molecule has 2 aromatic rings. The Bertz CT molecular complexity index is 467. The fourth-order valence-electron chi connectivity index (χ4n) is 1.18. The van der Waals surface area contributed by atoms with Gasteiger partial charge in [-0.05, 0) is 24.9 Å². The summed E-state index contributed by atoms with van der Waals surface area (Å²) in [6.07, 6.45) is 4.31. The van der Waals surface area contributed by atoms with Crippen LogP contribution in [0.5, 0.6) is 0 Å². The number of aromatic nitrogens is 3. The van der Waals surface area contributed by atoms with E-state index in [2.05, 4.69) is 11.9 Å². The fraction of sp³-hybridized carbons (Fsp3) is 0.500. The van der Waals surface area contributed by atoms with E-state index in [9.17, 15) is 4.79 Å². The molecule has 1 atom stereocenters. The number of imidazole rings is 1. The minimum Gasteiger partial charge on any atom is -0.246 e. The molecule has 5 heteroatoms. The molecule has 0 bridgehead atoms. The van der Waals surface area contributed by atoms with Crippen LogP contribution in [0.15, 0.2) is 17.2 Å². The van der Waals surface area contributed by atoms with Crippen molar-refractivity contribution in [3.8, 4) is 0 Å². The summed E-state index contributed by atoms with van der Waals surface area (Å²) in [5.41, 5.74) is 0.0202. The highest BCUT2D eigenvalue weighted by atomic mass is 32.1. The smallest absolute Gasteiger partial charge is 0.246 e. The fourth-order valence-corrected chi connectivity index (χ4v) is 2.19. The number of fused-ring (bicyclic) bond motifs is 1. The molecule has 4 nitrogen and oxygen atoms in total. The monoisotopic (exact) mass is 197 g/mol. The molecule has 0 radical (unpaired) electrons. The zero-order valence-electron chi connectivity index (χ0n) is 7.60. The highest BCUT2D eigenvalue weighted by Crippen LogP contribution is 2.13. The van der Waals surface area contributed by atoms with Gasteiger partial charge in [-0.2, -0.15) is 0 Å². The Hall–Kier alpha value is -1.10. The van der Waals surface area contributed by atoms with E-state index < -0.39 is 0 Å². The molecule has 0 aliphatic rings. The summed E-state index contributed by atoms with van der Waals surface area (Å²) in [7, 11) is 0. The molecule has 1 unspecified atom stereocenters. The Kier molecular flexibility index (Phi) is 1.95. The Morgan fingerprint density at radius 3 is 3.08 bits per heavy atom. The molecule has 0 aromatic carbocycles. The molecule has 0 saturated carbocycles. The molecule has 2 rings (SSSR count). The zero-order valence-corrected chi connectivity index (χ0v) is 8.41. The molecular formula is C8H11N3OS. The molecule has 0 N–H and O–H groups in total. The Morgan fingerprint density at radius 2 is 2.46 bits per heavy atom. The van der Waals surface area contributed by atoms with E-state index in [0.29, 0.717) is 0 Å². The Labute approximate surface area is 79.6 Å². The van der Waals surface area contributed by atoms with E-state index in [1.54, 1.807) is 20.8 Å². The van der Waals surface area contributed by atoms with Crippen molar-refractivity contribution in [2.45, 2.75) is 26.3 Å². The second-order valence-electron chi connectivity index (χ2n) is 3.04. The van der Waals surface area contributed by atoms with E-state index in [1.165, 1.54) is 11.5 Å². The summed E-state index contributed by atoms with van der Waals surface area (Å²) in [6.45, 7) is 4.11. The predicted octanol–water partition coefficient (Wildman–Crippen LogP) is 1.53. The van der Waals surface area contributed by atoms with Gasteiger partial charge in [0.1, 0.15) is 0 Å². The first kappa shape index (κ1) is 8.50. The second kappa shape index (κ2) is 2.99. The second-order valence-corrected chi connectivity index (χ2v) is 3.98. The van der Waals surface area contributed by atoms with Gasteiger partial charge in [-0.1, -0.05) is 6.92 Å². The standard InChI is InChI=1S/C8H11N3OS/c1-3-6(2)11-8(12)10-5-4-9-7(10)13-11/h4-6H,3H2,1-2H3. The van der Waals surface area contributed by atoms with Crippen molar-refractivity contribution in [2.24, 2.45) is 0 Å². The van der Waals surface area contributed by atoms with Crippen molar-refractivity contribution in [2.75, 3.05) is 0 Å². The van der Waals surface area contributed by atoms with Gasteiger partial charge in [0.25, 0.3) is 0 Å². The number of nitrogens with zero attached hydrogens (tertiary/aromatic N) is 3.